The number of esters is 1. The van der Waals surface area contributed by atoms with Crippen LogP contribution in [-0.2, 0) is 9.53 Å². The van der Waals surface area contributed by atoms with E-state index in [1.807, 2.05) is 0 Å². The van der Waals surface area contributed by atoms with Crippen LogP contribution in [0.25, 0.3) is 6.08 Å². The van der Waals surface area contributed by atoms with E-state index in [4.69, 9.17) is 21.1 Å². The molecular formula is C24H16ClF3I2N2O4S. The number of hydrogen-bond donors (Lipinski definition) is 0. The number of alkyl halides is 3. The van der Waals surface area contributed by atoms with Crippen molar-refractivity contribution in [3.63, 3.8) is 0 Å². The van der Waals surface area contributed by atoms with Crippen molar-refractivity contribution in [1.82, 2.24) is 4.57 Å². The molecule has 194 valence electrons. The number of carbonyl (C=O) groups is 1. The van der Waals surface area contributed by atoms with Gasteiger partial charge in [0.1, 0.15) is 5.75 Å². The average Bonchev–Trinajstić information content (AvgIpc) is 3.13. The zero-order chi connectivity index (χ0) is 27.1. The number of halogens is 6. The third-order valence-corrected chi connectivity index (χ3v) is 8.14. The highest BCUT2D eigenvalue weighted by atomic mass is 127. The molecule has 1 atom stereocenters. The summed E-state index contributed by atoms with van der Waals surface area (Å²) in [6, 6.07) is 8.06. The number of benzene rings is 2. The Morgan fingerprint density at radius 2 is 1.84 bits per heavy atom. The first-order valence-corrected chi connectivity index (χ1v) is 13.9. The summed E-state index contributed by atoms with van der Waals surface area (Å²) in [5.74, 6) is -0.525. The fourth-order valence-electron chi connectivity index (χ4n) is 3.81. The summed E-state index contributed by atoms with van der Waals surface area (Å²) < 4.78 is 55.7. The number of carbonyl (C=O) groups excluding carboxylic acids is 1. The Morgan fingerprint density at radius 3 is 2.38 bits per heavy atom. The Labute approximate surface area is 244 Å². The maximum Gasteiger partial charge on any atom is 0.434 e. The number of allylic oxidation sites excluding steroid dienone is 1. The molecule has 2 heterocycles. The van der Waals surface area contributed by atoms with Crippen molar-refractivity contribution in [1.29, 1.82) is 0 Å². The molecule has 0 saturated heterocycles. The summed E-state index contributed by atoms with van der Waals surface area (Å²) in [6.07, 6.45) is -3.39. The highest BCUT2D eigenvalue weighted by molar-refractivity contribution is 14.1. The van der Waals surface area contributed by atoms with Crippen molar-refractivity contribution in [2.75, 3.05) is 13.7 Å². The van der Waals surface area contributed by atoms with Gasteiger partial charge in [-0.15, -0.1) is 0 Å². The molecule has 0 N–H and O–H groups in total. The summed E-state index contributed by atoms with van der Waals surface area (Å²) in [5, 5.41) is 0.345. The van der Waals surface area contributed by atoms with Gasteiger partial charge in [-0.25, -0.2) is 9.79 Å². The van der Waals surface area contributed by atoms with Gasteiger partial charge in [0.15, 0.2) is 10.5 Å². The minimum atomic E-state index is -4.97. The molecule has 4 rings (SSSR count). The van der Waals surface area contributed by atoms with Gasteiger partial charge >= 0.3 is 12.1 Å². The van der Waals surface area contributed by atoms with Crippen molar-refractivity contribution < 1.29 is 27.4 Å². The van der Waals surface area contributed by atoms with Gasteiger partial charge in [-0.3, -0.25) is 9.36 Å². The summed E-state index contributed by atoms with van der Waals surface area (Å²) in [6.45, 7) is 1.33. The topological polar surface area (TPSA) is 69.9 Å². The number of nitrogens with zero attached hydrogens (tertiary/aromatic N) is 2. The predicted molar refractivity (Wildman–Crippen MR) is 151 cm³/mol. The lowest BCUT2D eigenvalue weighted by atomic mass is 9.95. The van der Waals surface area contributed by atoms with E-state index in [0.717, 1.165) is 23.0 Å². The lowest BCUT2D eigenvalue weighted by molar-refractivity contribution is -0.140. The number of hydrogen-bond acceptors (Lipinski definition) is 6. The van der Waals surface area contributed by atoms with Gasteiger partial charge in [-0.1, -0.05) is 35.1 Å². The van der Waals surface area contributed by atoms with E-state index in [9.17, 15) is 22.8 Å². The summed E-state index contributed by atoms with van der Waals surface area (Å²) >= 11 is 11.0. The van der Waals surface area contributed by atoms with Crippen LogP contribution in [0.2, 0.25) is 5.02 Å². The Morgan fingerprint density at radius 1 is 1.22 bits per heavy atom. The normalized spacial score (nSPS) is 15.9. The summed E-state index contributed by atoms with van der Waals surface area (Å²) in [5.41, 5.74) is -1.84. The van der Waals surface area contributed by atoms with Crippen LogP contribution in [0, 0.1) is 7.14 Å². The zero-order valence-electron chi connectivity index (χ0n) is 19.0. The molecule has 0 spiro atoms. The number of ether oxygens (including phenoxy) is 2. The van der Waals surface area contributed by atoms with Crippen LogP contribution in [0.15, 0.2) is 57.5 Å². The minimum absolute atomic E-state index is 0.153. The van der Waals surface area contributed by atoms with Gasteiger partial charge in [0.25, 0.3) is 5.56 Å². The highest BCUT2D eigenvalue weighted by Crippen LogP contribution is 2.38. The van der Waals surface area contributed by atoms with E-state index < -0.39 is 35.0 Å². The molecule has 0 bridgehead atoms. The number of rotatable bonds is 5. The Balaban J connectivity index is 2.03. The molecule has 1 aliphatic heterocycles. The number of fused-ring (bicyclic) bond motifs is 1. The fourth-order valence-corrected chi connectivity index (χ4v) is 7.19. The van der Waals surface area contributed by atoms with Gasteiger partial charge in [-0.05, 0) is 93.6 Å². The monoisotopic (exact) mass is 774 g/mol. The Hall–Kier alpha value is -1.91. The van der Waals surface area contributed by atoms with Crippen LogP contribution < -0.4 is 19.6 Å². The second-order valence-corrected chi connectivity index (χ2v) is 11.4. The van der Waals surface area contributed by atoms with Crippen LogP contribution in [-0.4, -0.2) is 30.4 Å². The van der Waals surface area contributed by atoms with E-state index in [1.54, 1.807) is 25.3 Å². The largest absolute Gasteiger partial charge is 0.495 e. The van der Waals surface area contributed by atoms with E-state index in [2.05, 4.69) is 50.2 Å². The molecule has 0 amide bonds. The van der Waals surface area contributed by atoms with Crippen molar-refractivity contribution in [3.05, 3.63) is 90.6 Å². The summed E-state index contributed by atoms with van der Waals surface area (Å²) in [7, 11) is 1.55. The molecule has 37 heavy (non-hydrogen) atoms. The molecule has 0 aliphatic carbocycles. The molecule has 2 aromatic carbocycles. The molecule has 1 aromatic heterocycles. The quantitative estimate of drug-likeness (QED) is 0.264. The third-order valence-electron chi connectivity index (χ3n) is 5.30. The second-order valence-electron chi connectivity index (χ2n) is 7.63. The van der Waals surface area contributed by atoms with Gasteiger partial charge in [-0.2, -0.15) is 13.2 Å². The zero-order valence-corrected chi connectivity index (χ0v) is 24.9. The molecular weight excluding hydrogens is 759 g/mol. The van der Waals surface area contributed by atoms with Crippen LogP contribution in [0.5, 0.6) is 5.75 Å². The van der Waals surface area contributed by atoms with E-state index in [1.165, 1.54) is 31.2 Å². The van der Waals surface area contributed by atoms with Gasteiger partial charge in [0.05, 0.1) is 37.0 Å². The molecule has 0 unspecified atom stereocenters. The van der Waals surface area contributed by atoms with Crippen LogP contribution >= 0.6 is 68.1 Å². The van der Waals surface area contributed by atoms with Crippen molar-refractivity contribution in [2.24, 2.45) is 4.99 Å². The first-order valence-electron chi connectivity index (χ1n) is 10.5. The highest BCUT2D eigenvalue weighted by Gasteiger charge is 2.45. The Kier molecular flexibility index (Phi) is 8.40. The Bertz CT molecular complexity index is 1570. The third kappa shape index (κ3) is 5.61. The SMILES string of the molecule is CCOC(=O)C1=C(C(F)(F)F)N=c2s/c(=C\c3cc(I)c(OC)c(I)c3)c(=O)n2[C@@H]1c1ccc(Cl)cc1. The molecule has 0 saturated carbocycles. The number of methoxy groups -OCH3 is 1. The van der Waals surface area contributed by atoms with Gasteiger partial charge in [0.2, 0.25) is 0 Å². The second kappa shape index (κ2) is 11.1. The maximum atomic E-state index is 14.2. The summed E-state index contributed by atoms with van der Waals surface area (Å²) in [4.78, 5) is 30.0. The van der Waals surface area contributed by atoms with Crippen LogP contribution in [0.1, 0.15) is 24.1 Å². The lowest BCUT2D eigenvalue weighted by Crippen LogP contribution is -2.41. The van der Waals surface area contributed by atoms with E-state index in [-0.39, 0.29) is 21.5 Å². The van der Waals surface area contributed by atoms with E-state index in [0.29, 0.717) is 16.3 Å². The first-order chi connectivity index (χ1) is 17.5. The van der Waals surface area contributed by atoms with Crippen LogP contribution in [0.3, 0.4) is 0 Å². The lowest BCUT2D eigenvalue weighted by Gasteiger charge is -2.26. The number of aromatic nitrogens is 1. The predicted octanol–water partition coefficient (Wildman–Crippen LogP) is 5.21. The maximum absolute atomic E-state index is 14.2. The average molecular weight is 775 g/mol. The minimum Gasteiger partial charge on any atom is -0.495 e. The molecule has 0 fully saturated rings. The molecule has 6 nitrogen and oxygen atoms in total. The van der Waals surface area contributed by atoms with Gasteiger partial charge < -0.3 is 9.47 Å². The molecule has 13 heteroatoms. The molecule has 1 aliphatic rings. The van der Waals surface area contributed by atoms with Crippen molar-refractivity contribution >= 4 is 80.2 Å². The molecule has 3 aromatic rings. The van der Waals surface area contributed by atoms with Crippen molar-refractivity contribution in [2.45, 2.75) is 19.1 Å². The molecule has 0 radical (unpaired) electrons. The van der Waals surface area contributed by atoms with E-state index >= 15 is 0 Å². The fraction of sp³-hybridized carbons (Fsp3) is 0.208. The van der Waals surface area contributed by atoms with Crippen molar-refractivity contribution in [3.8, 4) is 5.75 Å². The first kappa shape index (κ1) is 28.1. The smallest absolute Gasteiger partial charge is 0.434 e. The van der Waals surface area contributed by atoms with Gasteiger partial charge in [0, 0.05) is 5.02 Å². The standard InChI is InChI=1S/C24H16ClF3I2N2O4S/c1-3-36-22(34)17-18(12-4-6-13(25)7-5-12)32-21(33)16(37-23(32)31-20(17)24(26,27)28)10-11-8-14(29)19(35-2)15(30)9-11/h4-10,18H,3H2,1-2H3/b16-10-/t18-/m1/s1. The van der Waals surface area contributed by atoms with Crippen LogP contribution in [0.4, 0.5) is 13.2 Å². The number of thiazole rings is 1.